The molecule has 1 saturated heterocycles. The number of carbonyl (C=O) groups excluding carboxylic acids is 1. The van der Waals surface area contributed by atoms with Crippen molar-refractivity contribution in [2.45, 2.75) is 49.8 Å². The lowest BCUT2D eigenvalue weighted by molar-refractivity contribution is 0.134. The average Bonchev–Trinajstić information content (AvgIpc) is 2.47. The number of aliphatic hydroxyl groups excluding tert-OH is 1. The van der Waals surface area contributed by atoms with Gasteiger partial charge < -0.3 is 15.3 Å². The molecule has 5 heteroatoms. The first-order valence-corrected chi connectivity index (χ1v) is 8.70. The van der Waals surface area contributed by atoms with Crippen LogP contribution in [0, 0.1) is 5.92 Å². The minimum atomic E-state index is 0.100. The summed E-state index contributed by atoms with van der Waals surface area (Å²) >= 11 is 1.92. The molecule has 0 bridgehead atoms. The summed E-state index contributed by atoms with van der Waals surface area (Å²) in [5.41, 5.74) is 0. The second-order valence-electron chi connectivity index (χ2n) is 5.78. The smallest absolute Gasteiger partial charge is 0.317 e. The zero-order chi connectivity index (χ0) is 13.7. The van der Waals surface area contributed by atoms with Gasteiger partial charge in [0, 0.05) is 31.0 Å². The summed E-state index contributed by atoms with van der Waals surface area (Å²) in [4.78, 5) is 14.1. The van der Waals surface area contributed by atoms with Crippen LogP contribution in [-0.4, -0.2) is 53.3 Å². The molecule has 2 atom stereocenters. The number of thioether (sulfide) groups is 1. The maximum absolute atomic E-state index is 12.2. The Kier molecular flexibility index (Phi) is 5.82. The van der Waals surface area contributed by atoms with E-state index in [4.69, 9.17) is 5.11 Å². The zero-order valence-electron chi connectivity index (χ0n) is 11.8. The third-order valence-corrected chi connectivity index (χ3v) is 5.54. The monoisotopic (exact) mass is 286 g/mol. The first-order chi connectivity index (χ1) is 9.22. The van der Waals surface area contributed by atoms with E-state index in [9.17, 15) is 4.79 Å². The second kappa shape index (κ2) is 7.39. The van der Waals surface area contributed by atoms with Gasteiger partial charge in [-0.25, -0.2) is 4.79 Å². The van der Waals surface area contributed by atoms with Crippen molar-refractivity contribution in [2.24, 2.45) is 5.92 Å². The van der Waals surface area contributed by atoms with Crippen molar-refractivity contribution in [3.8, 4) is 0 Å². The molecule has 110 valence electrons. The third kappa shape index (κ3) is 4.28. The van der Waals surface area contributed by atoms with E-state index in [1.54, 1.807) is 0 Å². The number of piperidine rings is 1. The van der Waals surface area contributed by atoms with E-state index in [1.807, 2.05) is 16.7 Å². The van der Waals surface area contributed by atoms with Crippen LogP contribution in [0.3, 0.4) is 0 Å². The van der Waals surface area contributed by atoms with Gasteiger partial charge in [0.1, 0.15) is 0 Å². The number of nitrogens with zero attached hydrogens (tertiary/aromatic N) is 1. The summed E-state index contributed by atoms with van der Waals surface area (Å²) in [5.74, 6) is 0.389. The highest BCUT2D eigenvalue weighted by Crippen LogP contribution is 2.27. The topological polar surface area (TPSA) is 52.6 Å². The standard InChI is InChI=1S/C14H26N2O2S/c1-19-13-4-2-3-12(9-13)15-14(18)16-7-5-11(10-17)6-8-16/h11-13,17H,2-10H2,1H3,(H,15,18). The lowest BCUT2D eigenvalue weighted by Crippen LogP contribution is -2.49. The summed E-state index contributed by atoms with van der Waals surface area (Å²) in [6.07, 6.45) is 8.77. The number of aliphatic hydroxyl groups is 1. The van der Waals surface area contributed by atoms with Crippen LogP contribution in [0.4, 0.5) is 4.79 Å². The molecule has 2 aliphatic rings. The lowest BCUT2D eigenvalue weighted by atomic mass is 9.95. The van der Waals surface area contributed by atoms with E-state index in [1.165, 1.54) is 12.8 Å². The number of nitrogens with one attached hydrogen (secondary N) is 1. The summed E-state index contributed by atoms with van der Waals surface area (Å²) in [6, 6.07) is 0.456. The normalized spacial score (nSPS) is 29.3. The number of amides is 2. The van der Waals surface area contributed by atoms with E-state index in [0.29, 0.717) is 17.2 Å². The molecule has 2 amide bonds. The first-order valence-electron chi connectivity index (χ1n) is 7.42. The molecule has 1 heterocycles. The maximum Gasteiger partial charge on any atom is 0.317 e. The molecule has 2 unspecified atom stereocenters. The number of hydrogen-bond acceptors (Lipinski definition) is 3. The maximum atomic E-state index is 12.2. The predicted molar refractivity (Wildman–Crippen MR) is 79.5 cm³/mol. The summed E-state index contributed by atoms with van der Waals surface area (Å²) in [5, 5.41) is 13.0. The Hall–Kier alpha value is -0.420. The van der Waals surface area contributed by atoms with Crippen LogP contribution in [0.1, 0.15) is 38.5 Å². The van der Waals surface area contributed by atoms with Crippen molar-refractivity contribution < 1.29 is 9.90 Å². The Balaban J connectivity index is 1.75. The van der Waals surface area contributed by atoms with Crippen LogP contribution in [0.15, 0.2) is 0 Å². The average molecular weight is 286 g/mol. The van der Waals surface area contributed by atoms with Gasteiger partial charge in [-0.2, -0.15) is 11.8 Å². The first kappa shape index (κ1) is 15.0. The Morgan fingerprint density at radius 3 is 2.68 bits per heavy atom. The molecule has 2 rings (SSSR count). The highest BCUT2D eigenvalue weighted by Gasteiger charge is 2.26. The highest BCUT2D eigenvalue weighted by atomic mass is 32.2. The van der Waals surface area contributed by atoms with Crippen LogP contribution in [0.25, 0.3) is 0 Å². The molecule has 2 N–H and O–H groups in total. The molecule has 0 aromatic rings. The van der Waals surface area contributed by atoms with Crippen LogP contribution < -0.4 is 5.32 Å². The van der Waals surface area contributed by atoms with Crippen LogP contribution >= 0.6 is 11.8 Å². The number of rotatable bonds is 3. The number of likely N-dealkylation sites (tertiary alicyclic amines) is 1. The molecule has 0 aromatic carbocycles. The minimum Gasteiger partial charge on any atom is -0.396 e. The summed E-state index contributed by atoms with van der Waals surface area (Å²) < 4.78 is 0. The van der Waals surface area contributed by atoms with E-state index < -0.39 is 0 Å². The van der Waals surface area contributed by atoms with Gasteiger partial charge in [0.25, 0.3) is 0 Å². The van der Waals surface area contributed by atoms with Gasteiger partial charge >= 0.3 is 6.03 Å². The fraction of sp³-hybridized carbons (Fsp3) is 0.929. The predicted octanol–water partition coefficient (Wildman–Crippen LogP) is 2.07. The molecule has 0 spiro atoms. The van der Waals surface area contributed by atoms with Crippen molar-refractivity contribution in [3.63, 3.8) is 0 Å². The van der Waals surface area contributed by atoms with Crippen LogP contribution in [0.2, 0.25) is 0 Å². The largest absolute Gasteiger partial charge is 0.396 e. The highest BCUT2D eigenvalue weighted by molar-refractivity contribution is 7.99. The fourth-order valence-electron chi connectivity index (χ4n) is 3.07. The molecule has 2 fully saturated rings. The molecule has 1 aliphatic heterocycles. The van der Waals surface area contributed by atoms with E-state index in [0.717, 1.165) is 38.8 Å². The number of hydrogen-bond donors (Lipinski definition) is 2. The van der Waals surface area contributed by atoms with Crippen molar-refractivity contribution in [3.05, 3.63) is 0 Å². The third-order valence-electron chi connectivity index (χ3n) is 4.45. The Morgan fingerprint density at radius 2 is 2.05 bits per heavy atom. The van der Waals surface area contributed by atoms with Crippen LogP contribution in [-0.2, 0) is 0 Å². The molecular weight excluding hydrogens is 260 g/mol. The van der Waals surface area contributed by atoms with Gasteiger partial charge in [0.2, 0.25) is 0 Å². The van der Waals surface area contributed by atoms with Crippen molar-refractivity contribution in [1.82, 2.24) is 10.2 Å². The Morgan fingerprint density at radius 1 is 1.32 bits per heavy atom. The van der Waals surface area contributed by atoms with E-state index >= 15 is 0 Å². The quantitative estimate of drug-likeness (QED) is 0.835. The molecule has 0 aromatic heterocycles. The minimum absolute atomic E-state index is 0.100. The zero-order valence-corrected chi connectivity index (χ0v) is 12.6. The molecule has 19 heavy (non-hydrogen) atoms. The molecule has 1 saturated carbocycles. The van der Waals surface area contributed by atoms with Crippen molar-refractivity contribution in [2.75, 3.05) is 26.0 Å². The van der Waals surface area contributed by atoms with E-state index in [2.05, 4.69) is 11.6 Å². The SMILES string of the molecule is CSC1CCCC(NC(=O)N2CCC(CO)CC2)C1. The second-order valence-corrected chi connectivity index (χ2v) is 6.92. The molecular formula is C14H26N2O2S. The summed E-state index contributed by atoms with van der Waals surface area (Å²) in [6.45, 7) is 1.83. The van der Waals surface area contributed by atoms with Gasteiger partial charge in [-0.3, -0.25) is 0 Å². The van der Waals surface area contributed by atoms with Crippen LogP contribution in [0.5, 0.6) is 0 Å². The van der Waals surface area contributed by atoms with Gasteiger partial charge in [-0.1, -0.05) is 6.42 Å². The number of urea groups is 1. The van der Waals surface area contributed by atoms with Crippen molar-refractivity contribution in [1.29, 1.82) is 0 Å². The van der Waals surface area contributed by atoms with Gasteiger partial charge in [-0.15, -0.1) is 0 Å². The number of carbonyl (C=O) groups is 1. The molecule has 4 nitrogen and oxygen atoms in total. The van der Waals surface area contributed by atoms with Crippen molar-refractivity contribution >= 4 is 17.8 Å². The Bertz CT molecular complexity index is 293. The lowest BCUT2D eigenvalue weighted by Gasteiger charge is -2.34. The Labute approximate surface area is 120 Å². The van der Waals surface area contributed by atoms with Gasteiger partial charge in [0.05, 0.1) is 0 Å². The molecule has 1 aliphatic carbocycles. The van der Waals surface area contributed by atoms with E-state index in [-0.39, 0.29) is 12.6 Å². The van der Waals surface area contributed by atoms with Gasteiger partial charge in [0.15, 0.2) is 0 Å². The molecule has 0 radical (unpaired) electrons. The fourth-order valence-corrected chi connectivity index (χ4v) is 3.90. The van der Waals surface area contributed by atoms with Gasteiger partial charge in [-0.05, 0) is 44.3 Å². The summed E-state index contributed by atoms with van der Waals surface area (Å²) in [7, 11) is 0.